The van der Waals surface area contributed by atoms with Crippen molar-refractivity contribution in [2.45, 2.75) is 58.2 Å². The van der Waals surface area contributed by atoms with Gasteiger partial charge >= 0.3 is 167 Å². The topological polar surface area (TPSA) is 43.4 Å². The van der Waals surface area contributed by atoms with E-state index in [-0.39, 0.29) is 17.5 Å². The summed E-state index contributed by atoms with van der Waals surface area (Å²) < 4.78 is 16.5. The molecule has 150 valence electrons. The number of ether oxygens (including phenoxy) is 1. The molecule has 3 nitrogen and oxygen atoms in total. The SMILES string of the molecule is CC(C)(C)[C@H](C=C[C@@H]1[C@H]2CC(=O)O[C@H]2C[C@H]1PPB=O)CCc1ccccc1. The average molecular weight is 416 g/mol. The van der Waals surface area contributed by atoms with Gasteiger partial charge in [-0.1, -0.05) is 6.07 Å². The number of benzene rings is 1. The van der Waals surface area contributed by atoms with Gasteiger partial charge in [-0.3, -0.25) is 0 Å². The summed E-state index contributed by atoms with van der Waals surface area (Å²) in [6, 6.07) is 10.7. The Morgan fingerprint density at radius 3 is 2.71 bits per heavy atom. The Hall–Kier alpha value is -0.845. The molecule has 2 unspecified atom stereocenters. The summed E-state index contributed by atoms with van der Waals surface area (Å²) in [5.74, 6) is 1.09. The number of fused-ring (bicyclic) bond motifs is 1. The van der Waals surface area contributed by atoms with E-state index in [1.54, 1.807) is 0 Å². The quantitative estimate of drug-likeness (QED) is 0.247. The Kier molecular flexibility index (Phi) is 7.63. The third-order valence-electron chi connectivity index (χ3n) is 6.20. The van der Waals surface area contributed by atoms with Gasteiger partial charge in [0, 0.05) is 0 Å². The number of allylic oxidation sites excluding steroid dienone is 2. The molecule has 0 N–H and O–H groups in total. The van der Waals surface area contributed by atoms with E-state index in [1.165, 1.54) is 5.56 Å². The van der Waals surface area contributed by atoms with Crippen LogP contribution in [0.1, 0.15) is 45.6 Å². The predicted molar refractivity (Wildman–Crippen MR) is 120 cm³/mol. The third kappa shape index (κ3) is 5.61. The van der Waals surface area contributed by atoms with E-state index in [0.717, 1.165) is 26.1 Å². The zero-order valence-electron chi connectivity index (χ0n) is 17.1. The summed E-state index contributed by atoms with van der Waals surface area (Å²) in [5.41, 5.74) is 2.05. The molecule has 0 spiro atoms. The second kappa shape index (κ2) is 9.77. The molecule has 0 aromatic heterocycles. The van der Waals surface area contributed by atoms with Gasteiger partial charge in [-0.05, 0) is 0 Å². The molecule has 1 saturated carbocycles. The van der Waals surface area contributed by atoms with Gasteiger partial charge in [-0.25, -0.2) is 0 Å². The van der Waals surface area contributed by atoms with Crippen molar-refractivity contribution in [3.63, 3.8) is 0 Å². The number of hydrogen-bond donors (Lipinski definition) is 0. The van der Waals surface area contributed by atoms with Crippen molar-refractivity contribution in [2.24, 2.45) is 23.2 Å². The molecule has 0 radical (unpaired) electrons. The van der Waals surface area contributed by atoms with Crippen LogP contribution in [-0.4, -0.2) is 24.6 Å². The number of aryl methyl sites for hydroxylation is 1. The van der Waals surface area contributed by atoms with Crippen LogP contribution in [0.3, 0.4) is 0 Å². The molecule has 1 aliphatic carbocycles. The van der Waals surface area contributed by atoms with Gasteiger partial charge < -0.3 is 0 Å². The fraction of sp³-hybridized carbons (Fsp3) is 0.591. The second-order valence-electron chi connectivity index (χ2n) is 9.10. The molecule has 0 amide bonds. The van der Waals surface area contributed by atoms with E-state index >= 15 is 0 Å². The minimum atomic E-state index is -0.0514. The van der Waals surface area contributed by atoms with Crippen LogP contribution in [0.4, 0.5) is 0 Å². The zero-order valence-corrected chi connectivity index (χ0v) is 19.1. The second-order valence-corrected chi connectivity index (χ2v) is 12.4. The predicted octanol–water partition coefficient (Wildman–Crippen LogP) is 5.39. The Morgan fingerprint density at radius 1 is 1.29 bits per heavy atom. The van der Waals surface area contributed by atoms with E-state index in [0.29, 0.717) is 46.3 Å². The Morgan fingerprint density at radius 2 is 2.04 bits per heavy atom. The van der Waals surface area contributed by atoms with Gasteiger partial charge in [0.25, 0.3) is 0 Å². The summed E-state index contributed by atoms with van der Waals surface area (Å²) in [5, 5.41) is 0. The van der Waals surface area contributed by atoms with Crippen molar-refractivity contribution < 1.29 is 14.2 Å². The summed E-state index contributed by atoms with van der Waals surface area (Å²) in [6.45, 7) is 7.97. The van der Waals surface area contributed by atoms with Crippen LogP contribution < -0.4 is 0 Å². The molecular weight excluding hydrogens is 385 g/mol. The van der Waals surface area contributed by atoms with Crippen molar-refractivity contribution in [2.75, 3.05) is 0 Å². The molecule has 1 heterocycles. The standard InChI is InChI=1S/C22H31BO3P2/c1-22(2,3)16(10-9-15-7-5-4-6-8-15)11-12-17-18-13-21(24)26-19(18)14-20(17)27-28-23-25/h4-8,11-12,16-20,27-28H,9-10,13-14H2,1-3H3/t16-,17+,18+,19-,20+/m0/s1. The Balaban J connectivity index is 1.71. The van der Waals surface area contributed by atoms with Crippen LogP contribution in [-0.2, 0) is 20.7 Å². The first-order valence-electron chi connectivity index (χ1n) is 10.2. The number of carbonyl (C=O) groups is 1. The summed E-state index contributed by atoms with van der Waals surface area (Å²) in [7, 11) is 1.03. The summed E-state index contributed by atoms with van der Waals surface area (Å²) >= 11 is 0. The van der Waals surface area contributed by atoms with Crippen LogP contribution in [0.5, 0.6) is 0 Å². The molecule has 1 aromatic carbocycles. The molecule has 1 saturated heterocycles. The molecule has 2 fully saturated rings. The van der Waals surface area contributed by atoms with Gasteiger partial charge in [0.2, 0.25) is 0 Å². The van der Waals surface area contributed by atoms with Crippen LogP contribution in [0, 0.1) is 23.2 Å². The van der Waals surface area contributed by atoms with Gasteiger partial charge in [0.05, 0.1) is 0 Å². The molecule has 7 atom stereocenters. The van der Waals surface area contributed by atoms with E-state index in [1.807, 2.05) is 0 Å². The van der Waals surface area contributed by atoms with E-state index in [4.69, 9.17) is 4.74 Å². The molecule has 1 aliphatic heterocycles. The van der Waals surface area contributed by atoms with Crippen molar-refractivity contribution in [3.8, 4) is 0 Å². The van der Waals surface area contributed by atoms with E-state index in [9.17, 15) is 9.50 Å². The van der Waals surface area contributed by atoms with E-state index in [2.05, 4.69) is 63.3 Å². The van der Waals surface area contributed by atoms with Crippen LogP contribution in [0.2, 0.25) is 0 Å². The minimum absolute atomic E-state index is 0.0514. The Labute approximate surface area is 173 Å². The van der Waals surface area contributed by atoms with Gasteiger partial charge in [-0.2, -0.15) is 0 Å². The summed E-state index contributed by atoms with van der Waals surface area (Å²) in [4.78, 5) is 11.8. The van der Waals surface area contributed by atoms with Gasteiger partial charge in [0.1, 0.15) is 0 Å². The fourth-order valence-corrected chi connectivity index (χ4v) is 7.52. The number of hydrogen-bond acceptors (Lipinski definition) is 3. The number of esters is 1. The molecule has 2 aliphatic rings. The molecule has 6 heteroatoms. The zero-order chi connectivity index (χ0) is 20.1. The maximum atomic E-state index is 11.8. The van der Waals surface area contributed by atoms with Crippen LogP contribution in [0.15, 0.2) is 42.5 Å². The first-order chi connectivity index (χ1) is 13.4. The Bertz CT molecular complexity index is 701. The average Bonchev–Trinajstić information content (AvgIpc) is 3.15. The maximum absolute atomic E-state index is 11.8. The first-order valence-corrected chi connectivity index (χ1v) is 13.4. The number of rotatable bonds is 8. The van der Waals surface area contributed by atoms with Gasteiger partial charge in [-0.15, -0.1) is 0 Å². The number of carbonyl (C=O) groups excluding carboxylic acids is 1. The summed E-state index contributed by atoms with van der Waals surface area (Å²) in [6.07, 6.45) is 8.49. The van der Waals surface area contributed by atoms with Crippen molar-refractivity contribution >= 4 is 29.3 Å². The van der Waals surface area contributed by atoms with Crippen molar-refractivity contribution in [1.29, 1.82) is 0 Å². The molecule has 1 aromatic rings. The first kappa shape index (κ1) is 21.9. The molecule has 3 rings (SSSR count). The molecular formula is C22H31BO3P2. The van der Waals surface area contributed by atoms with Crippen molar-refractivity contribution in [1.82, 2.24) is 0 Å². The van der Waals surface area contributed by atoms with Gasteiger partial charge in [0.15, 0.2) is 0 Å². The van der Waals surface area contributed by atoms with Crippen molar-refractivity contribution in [3.05, 3.63) is 48.0 Å². The fourth-order valence-electron chi connectivity index (χ4n) is 4.56. The molecule has 0 bridgehead atoms. The normalized spacial score (nSPS) is 29.0. The van der Waals surface area contributed by atoms with Crippen LogP contribution in [0.25, 0.3) is 0 Å². The monoisotopic (exact) mass is 416 g/mol. The molecule has 28 heavy (non-hydrogen) atoms. The van der Waals surface area contributed by atoms with E-state index < -0.39 is 0 Å². The third-order valence-corrected chi connectivity index (χ3v) is 9.44. The van der Waals surface area contributed by atoms with Crippen LogP contribution >= 0.6 is 16.4 Å².